The van der Waals surface area contributed by atoms with Gasteiger partial charge in [0.15, 0.2) is 6.04 Å². The van der Waals surface area contributed by atoms with Gasteiger partial charge in [0, 0.05) is 25.9 Å². The highest BCUT2D eigenvalue weighted by Crippen LogP contribution is 2.24. The van der Waals surface area contributed by atoms with Crippen LogP contribution in [0.3, 0.4) is 0 Å². The predicted molar refractivity (Wildman–Crippen MR) is 283 cm³/mol. The third kappa shape index (κ3) is 19.8. The summed E-state index contributed by atoms with van der Waals surface area (Å²) in [7, 11) is 0. The number of primary amides is 1. The Balaban J connectivity index is 1.83. The Kier molecular flexibility index (Phi) is 26.1. The van der Waals surface area contributed by atoms with Crippen LogP contribution in [0.5, 0.6) is 5.75 Å². The number of nitrogens with two attached hydrogens (primary N) is 2. The zero-order chi connectivity index (χ0) is 63.1. The minimum absolute atomic E-state index is 0.111. The third-order valence-electron chi connectivity index (χ3n) is 13.6. The molecule has 0 bridgehead atoms. The van der Waals surface area contributed by atoms with Crippen LogP contribution in [0.25, 0.3) is 0 Å². The van der Waals surface area contributed by atoms with Gasteiger partial charge in [-0.15, -0.1) is 0 Å². The lowest BCUT2D eigenvalue weighted by Crippen LogP contribution is -2.64. The molecule has 2 fully saturated rings. The summed E-state index contributed by atoms with van der Waals surface area (Å²) in [6.45, 7) is 6.84. The quantitative estimate of drug-likeness (QED) is 0.0354. The van der Waals surface area contributed by atoms with Crippen LogP contribution in [-0.2, 0) is 64.0 Å². The fourth-order valence-corrected chi connectivity index (χ4v) is 8.81. The lowest BCUT2D eigenvalue weighted by molar-refractivity contribution is -0.147. The van der Waals surface area contributed by atoms with Crippen molar-refractivity contribution in [1.29, 1.82) is 0 Å². The number of rotatable bonds is 29. The van der Waals surface area contributed by atoms with E-state index < -0.39 is 212 Å². The maximum Gasteiger partial charge on any atom is 0.328 e. The monoisotopic (exact) mass is 1180 g/mol. The number of hydrogen-bond donors (Lipinski definition) is 19. The molecule has 2 aliphatic rings. The Morgan fingerprint density at radius 2 is 1.17 bits per heavy atom. The normalized spacial score (nSPS) is 21.5. The molecule has 0 aromatic heterocycles. The van der Waals surface area contributed by atoms with E-state index in [9.17, 15) is 103 Å². The van der Waals surface area contributed by atoms with Gasteiger partial charge in [-0.05, 0) is 64.7 Å². The second-order valence-corrected chi connectivity index (χ2v) is 20.9. The van der Waals surface area contributed by atoms with Crippen molar-refractivity contribution < 1.29 is 103 Å². The molecular weight excluding hydrogens is 1100 g/mol. The van der Waals surface area contributed by atoms with Crippen LogP contribution in [-0.4, -0.2) is 249 Å². The number of phenols is 1. The fourth-order valence-electron chi connectivity index (χ4n) is 8.81. The zero-order valence-corrected chi connectivity index (χ0v) is 46.6. The van der Waals surface area contributed by atoms with Crippen LogP contribution in [0.1, 0.15) is 73.3 Å². The first-order valence-electron chi connectivity index (χ1n) is 26.4. The molecule has 17 atom stereocenters. The molecule has 0 spiro atoms. The number of aliphatic carboxylic acids is 1. The van der Waals surface area contributed by atoms with Gasteiger partial charge in [0.25, 0.3) is 0 Å². The summed E-state index contributed by atoms with van der Waals surface area (Å²) >= 11 is 0. The van der Waals surface area contributed by atoms with Crippen LogP contribution in [0.4, 0.5) is 0 Å². The largest absolute Gasteiger partial charge is 0.508 e. The van der Waals surface area contributed by atoms with Crippen molar-refractivity contribution in [3.05, 3.63) is 29.8 Å². The number of benzene rings is 1. The van der Waals surface area contributed by atoms with Crippen molar-refractivity contribution in [1.82, 2.24) is 52.3 Å². The number of aliphatic hydroxyl groups is 7. The lowest BCUT2D eigenvalue weighted by atomic mass is 9.99. The Labute approximate surface area is 475 Å². The highest BCUT2D eigenvalue weighted by Gasteiger charge is 2.48. The number of carbonyl (C=O) groups excluding carboxylic acids is 11. The molecule has 464 valence electrons. The highest BCUT2D eigenvalue weighted by atomic mass is 16.4. The number of aliphatic hydroxyl groups excluding tert-OH is 7. The van der Waals surface area contributed by atoms with E-state index in [0.29, 0.717) is 10.5 Å². The molecule has 3 rings (SSSR count). The number of carboxylic acid groups (broad SMARTS) is 1. The first kappa shape index (κ1) is 69.6. The van der Waals surface area contributed by atoms with Gasteiger partial charge in [-0.1, -0.05) is 26.0 Å². The van der Waals surface area contributed by atoms with Gasteiger partial charge in [-0.25, -0.2) is 4.79 Å². The smallest absolute Gasteiger partial charge is 0.328 e. The summed E-state index contributed by atoms with van der Waals surface area (Å²) < 4.78 is 0. The minimum Gasteiger partial charge on any atom is -0.508 e. The van der Waals surface area contributed by atoms with E-state index in [2.05, 4.69) is 31.9 Å². The van der Waals surface area contributed by atoms with Gasteiger partial charge in [0.2, 0.25) is 65.0 Å². The average molecular weight is 1180 g/mol. The number of β-amino-alcohol motifs (C(OH)–C–C–N with tert-alkyl or cyclic N) is 1. The molecule has 33 heteroatoms. The maximum atomic E-state index is 14.4. The first-order chi connectivity index (χ1) is 38.6. The van der Waals surface area contributed by atoms with E-state index in [1.807, 2.05) is 10.6 Å². The van der Waals surface area contributed by atoms with Crippen LogP contribution in [0.15, 0.2) is 24.3 Å². The maximum absolute atomic E-state index is 14.4. The summed E-state index contributed by atoms with van der Waals surface area (Å²) in [6, 6.07) is -11.5. The van der Waals surface area contributed by atoms with E-state index in [1.165, 1.54) is 52.0 Å². The second kappa shape index (κ2) is 31.1. The Morgan fingerprint density at radius 1 is 0.614 bits per heavy atom. The number of nitrogens with one attached hydrogen (secondary N) is 8. The molecule has 0 radical (unpaired) electrons. The molecule has 33 nitrogen and oxygen atoms in total. The predicted octanol–water partition coefficient (Wildman–Crippen LogP) is -9.78. The van der Waals surface area contributed by atoms with Crippen LogP contribution >= 0.6 is 0 Å². The average Bonchev–Trinajstić information content (AvgIpc) is 4.22. The highest BCUT2D eigenvalue weighted by molar-refractivity contribution is 6.00. The Hall–Kier alpha value is -7.66. The second-order valence-electron chi connectivity index (χ2n) is 20.9. The third-order valence-corrected chi connectivity index (χ3v) is 13.6. The molecular formula is C50H78N12O21. The van der Waals surface area contributed by atoms with Crippen LogP contribution in [0, 0.1) is 5.92 Å². The van der Waals surface area contributed by atoms with E-state index >= 15 is 0 Å². The van der Waals surface area contributed by atoms with Crippen molar-refractivity contribution in [3.8, 4) is 5.75 Å². The summed E-state index contributed by atoms with van der Waals surface area (Å²) in [5, 5.41) is 111. The number of nitrogens with zero attached hydrogens (tertiary/aromatic N) is 2. The molecule has 2 saturated heterocycles. The molecule has 2 aliphatic heterocycles. The van der Waals surface area contributed by atoms with E-state index in [4.69, 9.17) is 11.5 Å². The van der Waals surface area contributed by atoms with Gasteiger partial charge >= 0.3 is 5.97 Å². The van der Waals surface area contributed by atoms with Gasteiger partial charge in [-0.2, -0.15) is 0 Å². The van der Waals surface area contributed by atoms with Crippen molar-refractivity contribution in [3.63, 3.8) is 0 Å². The molecule has 11 amide bonds. The number of carboxylic acids is 1. The number of carbonyl (C=O) groups is 12. The Bertz CT molecular complexity index is 2520. The van der Waals surface area contributed by atoms with Crippen LogP contribution < -0.4 is 54.0 Å². The SMILES string of the molecule is CC(NC(=O)C(N)C(C)O)C(=O)NC(Cc1ccc(O)cc1)C(=O)NC(C(=O)N1CC(O)CC1C(=O)NC(C(=O)NC(C(=O)N1CCC(O)C1C(=O)NC(C(=O)NCC(=O)NC(C(=O)O)C(C)O)C(O)CC(N)=O)C(C)O)C(C)O)C(C)C. The van der Waals surface area contributed by atoms with Gasteiger partial charge in [-0.3, -0.25) is 52.7 Å². The molecule has 83 heavy (non-hydrogen) atoms. The fraction of sp³-hybridized carbons (Fsp3) is 0.640. The number of phenolic OH excluding ortho intramolecular Hbond substituents is 1. The van der Waals surface area contributed by atoms with Gasteiger partial charge in [0.05, 0.1) is 55.7 Å². The first-order valence-corrected chi connectivity index (χ1v) is 26.4. The molecule has 21 N–H and O–H groups in total. The molecule has 2 heterocycles. The molecule has 17 unspecified atom stereocenters. The number of hydrogen-bond acceptors (Lipinski definition) is 21. The zero-order valence-electron chi connectivity index (χ0n) is 46.6. The molecule has 0 saturated carbocycles. The van der Waals surface area contributed by atoms with E-state index in [1.54, 1.807) is 0 Å². The van der Waals surface area contributed by atoms with Gasteiger partial charge < -0.3 is 110 Å². The van der Waals surface area contributed by atoms with Crippen molar-refractivity contribution in [2.75, 3.05) is 19.6 Å². The minimum atomic E-state index is -2.14. The standard InChI is InChI=1S/C50H78N12O21/c1-19(2)35(57-42(74)28(14-25-8-10-26(67)11-9-25)55-41(73)20(3)54-44(76)34(52)21(4)63)48(80)62-18-27(68)15-29(62)43(75)58-36(22(5)64)46(78)59-37(23(6)65)49(81)61-13-12-30(69)40(61)47(79)60-39(31(70)16-32(51)71)45(77)53-17-33(72)56-38(24(7)66)50(82)83/h8-11,19-24,27-31,34-40,63-70H,12-18,52H2,1-7H3,(H2,51,71)(H,53,77)(H,54,76)(H,55,73)(H,56,72)(H,57,74)(H,58,75)(H,59,78)(H,60,79)(H,82,83). The molecule has 0 aliphatic carbocycles. The van der Waals surface area contributed by atoms with Crippen molar-refractivity contribution >= 4 is 70.9 Å². The topological polar surface area (TPSA) is 542 Å². The van der Waals surface area contributed by atoms with Crippen LogP contribution in [0.2, 0.25) is 0 Å². The Morgan fingerprint density at radius 3 is 1.70 bits per heavy atom. The lowest BCUT2D eigenvalue weighted by Gasteiger charge is -2.34. The molecule has 1 aromatic rings. The van der Waals surface area contributed by atoms with E-state index in [0.717, 1.165) is 25.7 Å². The number of likely N-dealkylation sites (tertiary alicyclic amines) is 2. The van der Waals surface area contributed by atoms with E-state index in [-0.39, 0.29) is 18.6 Å². The van der Waals surface area contributed by atoms with Crippen molar-refractivity contribution in [2.24, 2.45) is 17.4 Å². The summed E-state index contributed by atoms with van der Waals surface area (Å²) in [5.74, 6) is -14.8. The number of amides is 11. The molecule has 1 aromatic carbocycles. The summed E-state index contributed by atoms with van der Waals surface area (Å²) in [6.07, 6.45) is -13.6. The van der Waals surface area contributed by atoms with Gasteiger partial charge in [0.1, 0.15) is 60.1 Å². The van der Waals surface area contributed by atoms with Crippen molar-refractivity contribution in [2.45, 2.75) is 177 Å². The summed E-state index contributed by atoms with van der Waals surface area (Å²) in [5.41, 5.74) is 11.3. The summed E-state index contributed by atoms with van der Waals surface area (Å²) in [4.78, 5) is 161. The number of aromatic hydroxyl groups is 1.